The first-order chi connectivity index (χ1) is 9.81. The summed E-state index contributed by atoms with van der Waals surface area (Å²) < 4.78 is 0. The van der Waals surface area contributed by atoms with Gasteiger partial charge < -0.3 is 20.6 Å². The number of nitrogens with one attached hydrogen (secondary N) is 2. The lowest BCUT2D eigenvalue weighted by Gasteiger charge is -2.17. The molecule has 0 aliphatic carbocycles. The number of aliphatic hydroxyl groups is 1. The molecular weight excluding hydrogens is 266 g/mol. The molecule has 0 aliphatic rings. The average molecular weight is 293 g/mol. The molecule has 0 saturated heterocycles. The number of carbonyl (C=O) groups excluding carboxylic acids is 1. The van der Waals surface area contributed by atoms with Crippen LogP contribution in [0.25, 0.3) is 0 Å². The van der Waals surface area contributed by atoms with Gasteiger partial charge in [0.2, 0.25) is 0 Å². The van der Waals surface area contributed by atoms with Crippen molar-refractivity contribution in [2.75, 3.05) is 30.9 Å². The zero-order chi connectivity index (χ0) is 16.0. The van der Waals surface area contributed by atoms with Gasteiger partial charge in [-0.3, -0.25) is 0 Å². The Morgan fingerprint density at radius 2 is 2.00 bits per heavy atom. The standard InChI is InChI=1S/C16H27N3O2/c1-11(2)15(20)8-9-17-16(21)18-13-6-7-14(19(4)5)12(3)10-13/h6-7,10-11,15,20H,8-9H2,1-5H3,(H2,17,18,21). The molecule has 0 radical (unpaired) electrons. The molecule has 21 heavy (non-hydrogen) atoms. The summed E-state index contributed by atoms with van der Waals surface area (Å²) in [6.45, 7) is 6.39. The molecule has 1 unspecified atom stereocenters. The van der Waals surface area contributed by atoms with Gasteiger partial charge in [-0.1, -0.05) is 13.8 Å². The fourth-order valence-corrected chi connectivity index (χ4v) is 2.08. The summed E-state index contributed by atoms with van der Waals surface area (Å²) in [5, 5.41) is 15.2. The maximum atomic E-state index is 11.8. The van der Waals surface area contributed by atoms with Crippen LogP contribution in [0.2, 0.25) is 0 Å². The Morgan fingerprint density at radius 1 is 1.33 bits per heavy atom. The highest BCUT2D eigenvalue weighted by atomic mass is 16.3. The first kappa shape index (κ1) is 17.3. The van der Waals surface area contributed by atoms with E-state index < -0.39 is 0 Å². The SMILES string of the molecule is Cc1cc(NC(=O)NCCC(O)C(C)C)ccc1N(C)C. The van der Waals surface area contributed by atoms with Crippen molar-refractivity contribution in [3.8, 4) is 0 Å². The Balaban J connectivity index is 2.46. The second-order valence-electron chi connectivity index (χ2n) is 5.88. The van der Waals surface area contributed by atoms with Crippen LogP contribution >= 0.6 is 0 Å². The number of hydrogen-bond donors (Lipinski definition) is 3. The molecule has 1 aromatic carbocycles. The van der Waals surface area contributed by atoms with Gasteiger partial charge in [0.15, 0.2) is 0 Å². The maximum Gasteiger partial charge on any atom is 0.319 e. The van der Waals surface area contributed by atoms with Crippen LogP contribution in [0.15, 0.2) is 18.2 Å². The Hall–Kier alpha value is -1.75. The molecule has 1 atom stereocenters. The van der Waals surface area contributed by atoms with E-state index in [-0.39, 0.29) is 18.1 Å². The molecule has 0 fully saturated rings. The number of urea groups is 1. The second-order valence-corrected chi connectivity index (χ2v) is 5.88. The normalized spacial score (nSPS) is 12.1. The lowest BCUT2D eigenvalue weighted by molar-refractivity contribution is 0.117. The number of amides is 2. The van der Waals surface area contributed by atoms with E-state index in [0.717, 1.165) is 16.9 Å². The van der Waals surface area contributed by atoms with E-state index >= 15 is 0 Å². The van der Waals surface area contributed by atoms with Crippen LogP contribution in [-0.2, 0) is 0 Å². The molecule has 2 amide bonds. The smallest absolute Gasteiger partial charge is 0.319 e. The fraction of sp³-hybridized carbons (Fsp3) is 0.562. The highest BCUT2D eigenvalue weighted by molar-refractivity contribution is 5.89. The molecule has 3 N–H and O–H groups in total. The van der Waals surface area contributed by atoms with Gasteiger partial charge in [0.1, 0.15) is 0 Å². The van der Waals surface area contributed by atoms with E-state index in [9.17, 15) is 9.90 Å². The number of nitrogens with zero attached hydrogens (tertiary/aromatic N) is 1. The molecule has 1 rings (SSSR count). The molecule has 0 spiro atoms. The molecule has 5 nitrogen and oxygen atoms in total. The topological polar surface area (TPSA) is 64.6 Å². The highest BCUT2D eigenvalue weighted by Crippen LogP contribution is 2.21. The number of carbonyl (C=O) groups is 1. The third-order valence-corrected chi connectivity index (χ3v) is 3.43. The van der Waals surface area contributed by atoms with Gasteiger partial charge in [-0.2, -0.15) is 0 Å². The van der Waals surface area contributed by atoms with E-state index in [4.69, 9.17) is 0 Å². The molecule has 0 aromatic heterocycles. The van der Waals surface area contributed by atoms with E-state index in [1.165, 1.54) is 0 Å². The molecular formula is C16H27N3O2. The zero-order valence-corrected chi connectivity index (χ0v) is 13.6. The Labute approximate surface area is 127 Å². The Kier molecular flexibility index (Phi) is 6.49. The maximum absolute atomic E-state index is 11.8. The number of hydrogen-bond acceptors (Lipinski definition) is 3. The van der Waals surface area contributed by atoms with Crippen molar-refractivity contribution in [2.24, 2.45) is 5.92 Å². The largest absolute Gasteiger partial charge is 0.393 e. The van der Waals surface area contributed by atoms with E-state index in [1.807, 2.05) is 58.0 Å². The fourth-order valence-electron chi connectivity index (χ4n) is 2.08. The third kappa shape index (κ3) is 5.63. The predicted molar refractivity (Wildman–Crippen MR) is 88.0 cm³/mol. The van der Waals surface area contributed by atoms with Crippen molar-refractivity contribution in [1.29, 1.82) is 0 Å². The lowest BCUT2D eigenvalue weighted by Crippen LogP contribution is -2.32. The first-order valence-electron chi connectivity index (χ1n) is 7.32. The zero-order valence-electron chi connectivity index (χ0n) is 13.6. The van der Waals surface area contributed by atoms with Gasteiger partial charge in [-0.15, -0.1) is 0 Å². The number of aliphatic hydroxyl groups excluding tert-OH is 1. The summed E-state index contributed by atoms with van der Waals surface area (Å²) in [6.07, 6.45) is 0.177. The third-order valence-electron chi connectivity index (χ3n) is 3.43. The van der Waals surface area contributed by atoms with Crippen molar-refractivity contribution in [1.82, 2.24) is 5.32 Å². The first-order valence-corrected chi connectivity index (χ1v) is 7.32. The molecule has 0 bridgehead atoms. The molecule has 0 saturated carbocycles. The second kappa shape index (κ2) is 7.88. The van der Waals surface area contributed by atoms with Crippen LogP contribution in [0.5, 0.6) is 0 Å². The summed E-state index contributed by atoms with van der Waals surface area (Å²) in [5.41, 5.74) is 2.99. The van der Waals surface area contributed by atoms with Crippen LogP contribution in [0, 0.1) is 12.8 Å². The van der Waals surface area contributed by atoms with Crippen LogP contribution in [0.1, 0.15) is 25.8 Å². The number of rotatable bonds is 6. The van der Waals surface area contributed by atoms with Crippen LogP contribution < -0.4 is 15.5 Å². The lowest BCUT2D eigenvalue weighted by atomic mass is 10.0. The minimum absolute atomic E-state index is 0.205. The van der Waals surface area contributed by atoms with Crippen molar-refractivity contribution in [3.05, 3.63) is 23.8 Å². The molecule has 118 valence electrons. The van der Waals surface area contributed by atoms with Crippen molar-refractivity contribution < 1.29 is 9.90 Å². The van der Waals surface area contributed by atoms with Gasteiger partial charge in [0.25, 0.3) is 0 Å². The summed E-state index contributed by atoms with van der Waals surface area (Å²) in [7, 11) is 3.98. The average Bonchev–Trinajstić information content (AvgIpc) is 2.37. The quantitative estimate of drug-likeness (QED) is 0.755. The van der Waals surface area contributed by atoms with Crippen LogP contribution in [0.4, 0.5) is 16.2 Å². The van der Waals surface area contributed by atoms with Crippen LogP contribution in [-0.4, -0.2) is 37.9 Å². The van der Waals surface area contributed by atoms with Crippen molar-refractivity contribution in [2.45, 2.75) is 33.3 Å². The van der Waals surface area contributed by atoms with Gasteiger partial charge in [-0.25, -0.2) is 4.79 Å². The van der Waals surface area contributed by atoms with E-state index in [2.05, 4.69) is 10.6 Å². The minimum Gasteiger partial charge on any atom is -0.393 e. The number of benzene rings is 1. The van der Waals surface area contributed by atoms with Crippen LogP contribution in [0.3, 0.4) is 0 Å². The summed E-state index contributed by atoms with van der Waals surface area (Å²) in [5.74, 6) is 0.205. The Morgan fingerprint density at radius 3 is 2.52 bits per heavy atom. The summed E-state index contributed by atoms with van der Waals surface area (Å²) >= 11 is 0. The summed E-state index contributed by atoms with van der Waals surface area (Å²) in [4.78, 5) is 13.8. The molecule has 0 heterocycles. The molecule has 0 aliphatic heterocycles. The van der Waals surface area contributed by atoms with Gasteiger partial charge in [0.05, 0.1) is 6.10 Å². The monoisotopic (exact) mass is 293 g/mol. The van der Waals surface area contributed by atoms with Gasteiger partial charge >= 0.3 is 6.03 Å². The Bertz CT molecular complexity index is 473. The minimum atomic E-state index is -0.382. The van der Waals surface area contributed by atoms with E-state index in [1.54, 1.807) is 0 Å². The van der Waals surface area contributed by atoms with Gasteiger partial charge in [-0.05, 0) is 43.0 Å². The van der Waals surface area contributed by atoms with Gasteiger partial charge in [0, 0.05) is 32.0 Å². The van der Waals surface area contributed by atoms with E-state index in [0.29, 0.717) is 13.0 Å². The highest BCUT2D eigenvalue weighted by Gasteiger charge is 2.10. The number of anilines is 2. The summed E-state index contributed by atoms with van der Waals surface area (Å²) in [6, 6.07) is 5.55. The number of aryl methyl sites for hydroxylation is 1. The van der Waals surface area contributed by atoms with Crippen molar-refractivity contribution >= 4 is 17.4 Å². The molecule has 1 aromatic rings. The molecule has 5 heteroatoms. The predicted octanol–water partition coefficient (Wildman–Crippen LogP) is 2.59. The van der Waals surface area contributed by atoms with Crippen molar-refractivity contribution in [3.63, 3.8) is 0 Å².